The molecule has 1 fully saturated rings. The van der Waals surface area contributed by atoms with E-state index in [9.17, 15) is 14.4 Å². The predicted octanol–water partition coefficient (Wildman–Crippen LogP) is 3.40. The Morgan fingerprint density at radius 1 is 0.815 bits per heavy atom. The molecular formula is C22H22O5. The van der Waals surface area contributed by atoms with Gasteiger partial charge in [-0.2, -0.15) is 0 Å². The number of esters is 2. The molecule has 5 nitrogen and oxygen atoms in total. The third-order valence-electron chi connectivity index (χ3n) is 4.93. The highest BCUT2D eigenvalue weighted by atomic mass is 16.6. The van der Waals surface area contributed by atoms with Gasteiger partial charge in [0, 0.05) is 11.5 Å². The molecule has 0 aliphatic heterocycles. The molecule has 0 radical (unpaired) electrons. The summed E-state index contributed by atoms with van der Waals surface area (Å²) in [7, 11) is 0. The van der Waals surface area contributed by atoms with Gasteiger partial charge in [-0.05, 0) is 19.4 Å². The van der Waals surface area contributed by atoms with Gasteiger partial charge < -0.3 is 9.47 Å². The minimum absolute atomic E-state index is 0.119. The molecule has 3 rings (SSSR count). The summed E-state index contributed by atoms with van der Waals surface area (Å²) in [5.41, 5.74) is -0.438. The van der Waals surface area contributed by atoms with Crippen molar-refractivity contribution in [2.75, 3.05) is 13.2 Å². The number of hydrogen-bond acceptors (Lipinski definition) is 5. The Balaban J connectivity index is 2.10. The molecule has 0 saturated heterocycles. The number of carbonyl (C=O) groups is 3. The van der Waals surface area contributed by atoms with Gasteiger partial charge in [0.05, 0.1) is 19.1 Å². The van der Waals surface area contributed by atoms with Gasteiger partial charge in [0.2, 0.25) is 0 Å². The van der Waals surface area contributed by atoms with E-state index in [1.54, 1.807) is 38.1 Å². The Morgan fingerprint density at radius 3 is 1.78 bits per heavy atom. The van der Waals surface area contributed by atoms with Crippen LogP contribution in [0, 0.1) is 11.3 Å². The van der Waals surface area contributed by atoms with Gasteiger partial charge >= 0.3 is 11.9 Å². The summed E-state index contributed by atoms with van der Waals surface area (Å²) < 4.78 is 10.4. The first kappa shape index (κ1) is 18.8. The van der Waals surface area contributed by atoms with Crippen LogP contribution in [0.3, 0.4) is 0 Å². The summed E-state index contributed by atoms with van der Waals surface area (Å²) in [4.78, 5) is 39.0. The smallest absolute Gasteiger partial charge is 0.324 e. The third kappa shape index (κ3) is 3.14. The molecule has 0 unspecified atom stereocenters. The van der Waals surface area contributed by atoms with Gasteiger partial charge in [0.25, 0.3) is 0 Å². The lowest BCUT2D eigenvalue weighted by Crippen LogP contribution is -2.34. The minimum Gasteiger partial charge on any atom is -0.465 e. The maximum atomic E-state index is 13.2. The van der Waals surface area contributed by atoms with Crippen LogP contribution in [0.4, 0.5) is 0 Å². The van der Waals surface area contributed by atoms with E-state index in [1.165, 1.54) is 0 Å². The van der Waals surface area contributed by atoms with Crippen LogP contribution in [-0.4, -0.2) is 30.9 Å². The third-order valence-corrected chi connectivity index (χ3v) is 4.93. The van der Waals surface area contributed by atoms with Gasteiger partial charge in [0.15, 0.2) is 11.2 Å². The molecule has 0 spiro atoms. The number of hydrogen-bond donors (Lipinski definition) is 0. The van der Waals surface area contributed by atoms with Gasteiger partial charge in [-0.15, -0.1) is 0 Å². The SMILES string of the molecule is CCOC(=O)C1(C(=O)OCC)[C@H](C(=O)c2ccccc2)[C@@H]1c1ccccc1. The van der Waals surface area contributed by atoms with Crippen LogP contribution in [0.25, 0.3) is 0 Å². The standard InChI is InChI=1S/C22H22O5/c1-3-26-20(24)22(21(25)27-4-2)17(15-11-7-5-8-12-15)18(22)19(23)16-13-9-6-10-14-16/h5-14,17-18H,3-4H2,1-2H3/t17-,18-/m0/s1. The lowest BCUT2D eigenvalue weighted by atomic mass is 9.97. The van der Waals surface area contributed by atoms with Crippen molar-refractivity contribution in [3.05, 3.63) is 71.8 Å². The second-order valence-electron chi connectivity index (χ2n) is 6.41. The summed E-state index contributed by atoms with van der Waals surface area (Å²) in [6.07, 6.45) is 0. The predicted molar refractivity (Wildman–Crippen MR) is 99.1 cm³/mol. The van der Waals surface area contributed by atoms with Crippen molar-refractivity contribution in [3.8, 4) is 0 Å². The van der Waals surface area contributed by atoms with Crippen LogP contribution < -0.4 is 0 Å². The molecular weight excluding hydrogens is 344 g/mol. The van der Waals surface area contributed by atoms with E-state index in [0.29, 0.717) is 5.56 Å². The van der Waals surface area contributed by atoms with E-state index in [1.807, 2.05) is 36.4 Å². The zero-order valence-corrected chi connectivity index (χ0v) is 15.4. The Morgan fingerprint density at radius 2 is 1.30 bits per heavy atom. The van der Waals surface area contributed by atoms with Gasteiger partial charge in [-0.1, -0.05) is 60.7 Å². The molecule has 5 heteroatoms. The van der Waals surface area contributed by atoms with Gasteiger partial charge in [-0.25, -0.2) is 0 Å². The molecule has 0 bridgehead atoms. The van der Waals surface area contributed by atoms with Crippen LogP contribution >= 0.6 is 0 Å². The van der Waals surface area contributed by atoms with Crippen LogP contribution in [0.2, 0.25) is 0 Å². The molecule has 140 valence electrons. The average molecular weight is 366 g/mol. The van der Waals surface area contributed by atoms with Crippen LogP contribution in [0.5, 0.6) is 0 Å². The van der Waals surface area contributed by atoms with E-state index in [-0.39, 0.29) is 19.0 Å². The van der Waals surface area contributed by atoms with E-state index in [2.05, 4.69) is 0 Å². The molecule has 2 aromatic carbocycles. The quantitative estimate of drug-likeness (QED) is 0.427. The monoisotopic (exact) mass is 366 g/mol. The van der Waals surface area contributed by atoms with Gasteiger partial charge in [0.1, 0.15) is 0 Å². The molecule has 0 N–H and O–H groups in total. The second-order valence-corrected chi connectivity index (χ2v) is 6.41. The molecule has 1 aliphatic carbocycles. The van der Waals surface area contributed by atoms with Crippen LogP contribution in [0.15, 0.2) is 60.7 Å². The lowest BCUT2D eigenvalue weighted by molar-refractivity contribution is -0.165. The Kier molecular flexibility index (Phi) is 5.40. The molecule has 2 aromatic rings. The Labute approximate surface area is 158 Å². The molecule has 1 saturated carbocycles. The number of ketones is 1. The largest absolute Gasteiger partial charge is 0.465 e. The highest BCUT2D eigenvalue weighted by Gasteiger charge is 2.79. The first-order valence-corrected chi connectivity index (χ1v) is 9.07. The number of ether oxygens (including phenoxy) is 2. The molecule has 1 aliphatic rings. The topological polar surface area (TPSA) is 69.7 Å². The van der Waals surface area contributed by atoms with Crippen molar-refractivity contribution < 1.29 is 23.9 Å². The van der Waals surface area contributed by atoms with E-state index in [4.69, 9.17) is 9.47 Å². The summed E-state index contributed by atoms with van der Waals surface area (Å²) in [5.74, 6) is -3.12. The van der Waals surface area contributed by atoms with Crippen molar-refractivity contribution in [3.63, 3.8) is 0 Å². The Hall–Kier alpha value is -2.95. The van der Waals surface area contributed by atoms with E-state index in [0.717, 1.165) is 5.56 Å². The minimum atomic E-state index is -1.64. The van der Waals surface area contributed by atoms with Crippen LogP contribution in [-0.2, 0) is 19.1 Å². The second kappa shape index (κ2) is 7.74. The summed E-state index contributed by atoms with van der Waals surface area (Å²) in [6, 6.07) is 17.8. The highest BCUT2D eigenvalue weighted by molar-refractivity contribution is 6.16. The Bertz CT molecular complexity index is 810. The van der Waals surface area contributed by atoms with E-state index < -0.39 is 29.2 Å². The maximum absolute atomic E-state index is 13.2. The summed E-state index contributed by atoms with van der Waals surface area (Å²) in [6.45, 7) is 3.58. The van der Waals surface area contributed by atoms with E-state index >= 15 is 0 Å². The zero-order valence-electron chi connectivity index (χ0n) is 15.4. The van der Waals surface area contributed by atoms with Crippen molar-refractivity contribution in [2.45, 2.75) is 19.8 Å². The highest BCUT2D eigenvalue weighted by Crippen LogP contribution is 2.67. The van der Waals surface area contributed by atoms with Crippen molar-refractivity contribution in [1.29, 1.82) is 0 Å². The van der Waals surface area contributed by atoms with Crippen molar-refractivity contribution in [2.24, 2.45) is 11.3 Å². The number of Topliss-reactive ketones (excluding diaryl/α,β-unsaturated/α-hetero) is 1. The summed E-state index contributed by atoms with van der Waals surface area (Å²) in [5, 5.41) is 0. The normalized spacial score (nSPS) is 19.8. The zero-order chi connectivity index (χ0) is 19.4. The molecule has 0 aromatic heterocycles. The fourth-order valence-electron chi connectivity index (χ4n) is 3.74. The molecule has 2 atom stereocenters. The fraction of sp³-hybridized carbons (Fsp3) is 0.318. The molecule has 27 heavy (non-hydrogen) atoms. The van der Waals surface area contributed by atoms with Gasteiger partial charge in [-0.3, -0.25) is 14.4 Å². The number of rotatable bonds is 7. The number of carbonyl (C=O) groups excluding carboxylic acids is 3. The van der Waals surface area contributed by atoms with Crippen molar-refractivity contribution >= 4 is 17.7 Å². The van der Waals surface area contributed by atoms with Crippen LogP contribution in [0.1, 0.15) is 35.7 Å². The van der Waals surface area contributed by atoms with Crippen molar-refractivity contribution in [1.82, 2.24) is 0 Å². The number of benzene rings is 2. The first-order valence-electron chi connectivity index (χ1n) is 9.07. The average Bonchev–Trinajstić information content (AvgIpc) is 3.40. The molecule has 0 heterocycles. The summed E-state index contributed by atoms with van der Waals surface area (Å²) >= 11 is 0. The maximum Gasteiger partial charge on any atom is 0.324 e. The lowest BCUT2D eigenvalue weighted by Gasteiger charge is -2.15. The fourth-order valence-corrected chi connectivity index (χ4v) is 3.74. The molecule has 0 amide bonds. The first-order chi connectivity index (χ1) is 13.1.